The summed E-state index contributed by atoms with van der Waals surface area (Å²) in [4.78, 5) is 27.5. The molecule has 1 saturated heterocycles. The van der Waals surface area contributed by atoms with Gasteiger partial charge < -0.3 is 14.5 Å². The van der Waals surface area contributed by atoms with Crippen molar-refractivity contribution >= 4 is 33.3 Å². The molecular weight excluding hydrogens is 312 g/mol. The summed E-state index contributed by atoms with van der Waals surface area (Å²) < 4.78 is 5.17. The zero-order chi connectivity index (χ0) is 16.6. The van der Waals surface area contributed by atoms with Crippen molar-refractivity contribution < 1.29 is 9.53 Å². The molecule has 1 fully saturated rings. The number of rotatable bonds is 3. The summed E-state index contributed by atoms with van der Waals surface area (Å²) in [6.45, 7) is 9.96. The largest absolute Gasteiger partial charge is 0.462 e. The van der Waals surface area contributed by atoms with Crippen LogP contribution in [0.5, 0.6) is 0 Å². The van der Waals surface area contributed by atoms with Gasteiger partial charge in [-0.1, -0.05) is 0 Å². The molecule has 23 heavy (non-hydrogen) atoms. The van der Waals surface area contributed by atoms with Gasteiger partial charge in [-0.05, 0) is 33.4 Å². The predicted molar refractivity (Wildman–Crippen MR) is 92.6 cm³/mol. The zero-order valence-corrected chi connectivity index (χ0v) is 14.9. The van der Waals surface area contributed by atoms with Gasteiger partial charge in [0, 0.05) is 26.2 Å². The third-order valence-corrected chi connectivity index (χ3v) is 5.31. The van der Waals surface area contributed by atoms with Gasteiger partial charge in [0.2, 0.25) is 0 Å². The first-order chi connectivity index (χ1) is 11.0. The van der Waals surface area contributed by atoms with Crippen LogP contribution < -0.4 is 4.90 Å². The highest BCUT2D eigenvalue weighted by Crippen LogP contribution is 2.36. The second kappa shape index (κ2) is 6.41. The molecule has 0 saturated carbocycles. The molecule has 0 aromatic carbocycles. The number of carbonyl (C=O) groups is 1. The van der Waals surface area contributed by atoms with Crippen molar-refractivity contribution in [1.29, 1.82) is 0 Å². The maximum Gasteiger partial charge on any atom is 0.348 e. The molecule has 0 N–H and O–H groups in total. The maximum atomic E-state index is 12.2. The van der Waals surface area contributed by atoms with Crippen LogP contribution in [0, 0.1) is 13.8 Å². The second-order valence-corrected chi connectivity index (χ2v) is 6.84. The van der Waals surface area contributed by atoms with Gasteiger partial charge in [0.25, 0.3) is 0 Å². The van der Waals surface area contributed by atoms with E-state index in [2.05, 4.69) is 26.8 Å². The van der Waals surface area contributed by atoms with Crippen molar-refractivity contribution in [3.8, 4) is 0 Å². The van der Waals surface area contributed by atoms with Gasteiger partial charge in [0.1, 0.15) is 21.3 Å². The van der Waals surface area contributed by atoms with E-state index >= 15 is 0 Å². The van der Waals surface area contributed by atoms with Crippen LogP contribution >= 0.6 is 11.3 Å². The van der Waals surface area contributed by atoms with Crippen molar-refractivity contribution in [2.24, 2.45) is 0 Å². The molecular formula is C16H22N4O2S. The van der Waals surface area contributed by atoms with E-state index in [1.54, 1.807) is 0 Å². The first kappa shape index (κ1) is 16.1. The van der Waals surface area contributed by atoms with Crippen molar-refractivity contribution in [3.05, 3.63) is 16.3 Å². The molecule has 0 radical (unpaired) electrons. The van der Waals surface area contributed by atoms with Crippen molar-refractivity contribution in [3.63, 3.8) is 0 Å². The summed E-state index contributed by atoms with van der Waals surface area (Å²) >= 11 is 1.40. The SMILES string of the molecule is CCOC(=O)c1sc2nc(C)nc(N3CCN(C)CC3)c2c1C. The van der Waals surface area contributed by atoms with E-state index in [0.717, 1.165) is 53.6 Å². The maximum absolute atomic E-state index is 12.2. The number of thiophene rings is 1. The lowest BCUT2D eigenvalue weighted by Gasteiger charge is -2.33. The van der Waals surface area contributed by atoms with Gasteiger partial charge in [-0.3, -0.25) is 0 Å². The first-order valence-corrected chi connectivity index (χ1v) is 8.71. The number of fused-ring (bicyclic) bond motifs is 1. The molecule has 0 amide bonds. The van der Waals surface area contributed by atoms with E-state index in [4.69, 9.17) is 4.74 Å². The number of ether oxygens (including phenoxy) is 1. The number of anilines is 1. The Kier molecular flexibility index (Phi) is 4.50. The molecule has 0 spiro atoms. The Labute approximate surface area is 140 Å². The van der Waals surface area contributed by atoms with E-state index < -0.39 is 0 Å². The topological polar surface area (TPSA) is 58.6 Å². The van der Waals surface area contributed by atoms with Crippen molar-refractivity contribution in [2.45, 2.75) is 20.8 Å². The number of nitrogens with zero attached hydrogens (tertiary/aromatic N) is 4. The summed E-state index contributed by atoms with van der Waals surface area (Å²) in [5.74, 6) is 1.42. The average molecular weight is 334 g/mol. The molecule has 3 rings (SSSR count). The first-order valence-electron chi connectivity index (χ1n) is 7.89. The Balaban J connectivity index is 2.08. The van der Waals surface area contributed by atoms with Crippen molar-refractivity contribution in [1.82, 2.24) is 14.9 Å². The van der Waals surface area contributed by atoms with Gasteiger partial charge >= 0.3 is 5.97 Å². The summed E-state index contributed by atoms with van der Waals surface area (Å²) in [5.41, 5.74) is 0.928. The highest BCUT2D eigenvalue weighted by Gasteiger charge is 2.24. The molecule has 0 unspecified atom stereocenters. The van der Waals surface area contributed by atoms with E-state index in [0.29, 0.717) is 11.5 Å². The fourth-order valence-electron chi connectivity index (χ4n) is 2.86. The summed E-state index contributed by atoms with van der Waals surface area (Å²) in [6.07, 6.45) is 0. The number of hydrogen-bond donors (Lipinski definition) is 0. The standard InChI is InChI=1S/C16H22N4O2S/c1-5-22-16(21)13-10(2)12-14(17-11(3)18-15(12)23-13)20-8-6-19(4)7-9-20/h5-9H2,1-4H3. The molecule has 2 aromatic heterocycles. The fraction of sp³-hybridized carbons (Fsp3) is 0.562. The van der Waals surface area contributed by atoms with Crippen LogP contribution in [0.1, 0.15) is 28.0 Å². The van der Waals surface area contributed by atoms with Crippen LogP contribution in [0.4, 0.5) is 5.82 Å². The molecule has 6 nitrogen and oxygen atoms in total. The van der Waals surface area contributed by atoms with Crippen LogP contribution in [0.15, 0.2) is 0 Å². The lowest BCUT2D eigenvalue weighted by Crippen LogP contribution is -2.45. The minimum absolute atomic E-state index is 0.269. The molecule has 3 heterocycles. The number of aryl methyl sites for hydroxylation is 2. The van der Waals surface area contributed by atoms with Crippen LogP contribution in [-0.4, -0.2) is 60.7 Å². The number of likely N-dealkylation sites (N-methyl/N-ethyl adjacent to an activating group) is 1. The molecule has 1 aliphatic heterocycles. The number of hydrogen-bond acceptors (Lipinski definition) is 7. The fourth-order valence-corrected chi connectivity index (χ4v) is 3.97. The van der Waals surface area contributed by atoms with E-state index in [1.807, 2.05) is 20.8 Å². The van der Waals surface area contributed by atoms with Gasteiger partial charge in [-0.15, -0.1) is 11.3 Å². The van der Waals surface area contributed by atoms with Gasteiger partial charge in [-0.25, -0.2) is 14.8 Å². The third kappa shape index (κ3) is 3.03. The van der Waals surface area contributed by atoms with Crippen LogP contribution in [0.3, 0.4) is 0 Å². The molecule has 0 bridgehead atoms. The van der Waals surface area contributed by atoms with Crippen molar-refractivity contribution in [2.75, 3.05) is 44.7 Å². The van der Waals surface area contributed by atoms with Crippen LogP contribution in [-0.2, 0) is 4.74 Å². The molecule has 1 aliphatic rings. The second-order valence-electron chi connectivity index (χ2n) is 5.84. The monoisotopic (exact) mass is 334 g/mol. The van der Waals surface area contributed by atoms with Crippen LogP contribution in [0.25, 0.3) is 10.2 Å². The number of piperazine rings is 1. The minimum atomic E-state index is -0.269. The molecule has 124 valence electrons. The van der Waals surface area contributed by atoms with E-state index in [1.165, 1.54) is 11.3 Å². The number of esters is 1. The average Bonchev–Trinajstić information content (AvgIpc) is 2.84. The van der Waals surface area contributed by atoms with Gasteiger partial charge in [-0.2, -0.15) is 0 Å². The molecule has 0 aliphatic carbocycles. The highest BCUT2D eigenvalue weighted by atomic mass is 32.1. The normalized spacial score (nSPS) is 16.1. The smallest absolute Gasteiger partial charge is 0.348 e. The summed E-state index contributed by atoms with van der Waals surface area (Å²) in [7, 11) is 2.13. The predicted octanol–water partition coefficient (Wildman–Crippen LogP) is 2.24. The highest BCUT2D eigenvalue weighted by molar-refractivity contribution is 7.20. The zero-order valence-electron chi connectivity index (χ0n) is 14.0. The Morgan fingerprint density at radius 2 is 1.91 bits per heavy atom. The lowest BCUT2D eigenvalue weighted by atomic mass is 10.2. The van der Waals surface area contributed by atoms with E-state index in [-0.39, 0.29) is 5.97 Å². The van der Waals surface area contributed by atoms with Gasteiger partial charge in [0.05, 0.1) is 12.0 Å². The third-order valence-electron chi connectivity index (χ3n) is 4.15. The van der Waals surface area contributed by atoms with Crippen LogP contribution in [0.2, 0.25) is 0 Å². The number of aromatic nitrogens is 2. The Morgan fingerprint density at radius 3 is 2.57 bits per heavy atom. The quantitative estimate of drug-likeness (QED) is 0.802. The Morgan fingerprint density at radius 1 is 1.22 bits per heavy atom. The lowest BCUT2D eigenvalue weighted by molar-refractivity contribution is 0.0531. The minimum Gasteiger partial charge on any atom is -0.462 e. The van der Waals surface area contributed by atoms with Gasteiger partial charge in [0.15, 0.2) is 0 Å². The Bertz CT molecular complexity index is 735. The molecule has 0 atom stereocenters. The summed E-state index contributed by atoms with van der Waals surface area (Å²) in [5, 5.41) is 0.994. The molecule has 2 aromatic rings. The summed E-state index contributed by atoms with van der Waals surface area (Å²) in [6, 6.07) is 0. The molecule has 7 heteroatoms. The number of carbonyl (C=O) groups excluding carboxylic acids is 1. The Hall–Kier alpha value is -1.73. The van der Waals surface area contributed by atoms with E-state index in [9.17, 15) is 4.79 Å².